The van der Waals surface area contributed by atoms with Crippen molar-refractivity contribution in [3.8, 4) is 50.8 Å². The van der Waals surface area contributed by atoms with Gasteiger partial charge in [-0.3, -0.25) is 4.57 Å². The zero-order chi connectivity index (χ0) is 33.0. The maximum Gasteiger partial charge on any atom is 0.213 e. The highest BCUT2D eigenvalue weighted by Crippen LogP contribution is 2.44. The number of fused-ring (bicyclic) bond motifs is 7. The van der Waals surface area contributed by atoms with Crippen molar-refractivity contribution in [2.24, 2.45) is 0 Å². The quantitative estimate of drug-likeness (QED) is 0.188. The smallest absolute Gasteiger partial charge is 0.213 e. The summed E-state index contributed by atoms with van der Waals surface area (Å²) in [6, 6.07) is 58.2. The fourth-order valence-electron chi connectivity index (χ4n) is 7.11. The van der Waals surface area contributed by atoms with Gasteiger partial charge in [0.2, 0.25) is 5.71 Å². The van der Waals surface area contributed by atoms with Crippen LogP contribution in [-0.2, 0) is 0 Å². The molecular weight excluding hydrogens is 613 g/mol. The molecule has 234 valence electrons. The number of benzene rings is 6. The molecule has 0 bridgehead atoms. The highest BCUT2D eigenvalue weighted by Gasteiger charge is 2.24. The molecule has 0 aliphatic carbocycles. The SMILES string of the molecule is c1ccc(-c2cc(-c3cccc(-n4c5ccccc5c5c6c(oc54)c(-c4ccccc4)nc4ccccc46)c3)nc(-c3ccccc3)n2)cc1. The van der Waals surface area contributed by atoms with Crippen molar-refractivity contribution >= 4 is 43.9 Å². The van der Waals surface area contributed by atoms with E-state index in [-0.39, 0.29) is 0 Å². The number of hydrogen-bond acceptors (Lipinski definition) is 4. The minimum atomic E-state index is 0.686. The second kappa shape index (κ2) is 11.4. The summed E-state index contributed by atoms with van der Waals surface area (Å²) in [4.78, 5) is 15.2. The van der Waals surface area contributed by atoms with Crippen molar-refractivity contribution in [1.29, 1.82) is 0 Å². The molecule has 0 amide bonds. The second-order valence-electron chi connectivity index (χ2n) is 12.4. The number of furan rings is 1. The minimum Gasteiger partial charge on any atom is -0.437 e. The van der Waals surface area contributed by atoms with Gasteiger partial charge >= 0.3 is 0 Å². The predicted octanol–water partition coefficient (Wildman–Crippen LogP) is 11.5. The Morgan fingerprint density at radius 3 is 1.80 bits per heavy atom. The molecule has 0 aliphatic rings. The van der Waals surface area contributed by atoms with E-state index in [1.165, 1.54) is 0 Å². The van der Waals surface area contributed by atoms with Crippen molar-refractivity contribution in [2.45, 2.75) is 0 Å². The van der Waals surface area contributed by atoms with E-state index in [9.17, 15) is 0 Å². The number of hydrogen-bond donors (Lipinski definition) is 0. The van der Waals surface area contributed by atoms with Crippen LogP contribution in [0.15, 0.2) is 174 Å². The summed E-state index contributed by atoms with van der Waals surface area (Å²) in [5.74, 6) is 0.686. The topological polar surface area (TPSA) is 56.7 Å². The van der Waals surface area contributed by atoms with Crippen LogP contribution in [0.4, 0.5) is 0 Å². The van der Waals surface area contributed by atoms with Crippen molar-refractivity contribution in [1.82, 2.24) is 19.5 Å². The van der Waals surface area contributed by atoms with Crippen LogP contribution < -0.4 is 0 Å². The summed E-state index contributed by atoms with van der Waals surface area (Å²) >= 11 is 0. The van der Waals surface area contributed by atoms with Crippen LogP contribution in [0.3, 0.4) is 0 Å². The molecule has 4 aromatic heterocycles. The Labute approximate surface area is 287 Å². The molecule has 0 N–H and O–H groups in total. The fourth-order valence-corrected chi connectivity index (χ4v) is 7.11. The fraction of sp³-hybridized carbons (Fsp3) is 0. The summed E-state index contributed by atoms with van der Waals surface area (Å²) < 4.78 is 9.22. The van der Waals surface area contributed by atoms with Crippen LogP contribution in [-0.4, -0.2) is 19.5 Å². The van der Waals surface area contributed by atoms with Gasteiger partial charge in [0, 0.05) is 44.1 Å². The van der Waals surface area contributed by atoms with E-state index in [1.54, 1.807) is 0 Å². The van der Waals surface area contributed by atoms with E-state index in [0.29, 0.717) is 5.82 Å². The maximum atomic E-state index is 6.99. The standard InChI is InChI=1S/C45H28N4O/c1-4-15-29(16-5-1)37-28-38(48-44(47-37)31-19-8-3-9-20-31)32-21-14-22-33(27-32)49-39-26-13-11-24-35(39)41-40-34-23-10-12-25-36(34)46-42(43(40)50-45(41)49)30-17-6-2-7-18-30/h1-28H. The predicted molar refractivity (Wildman–Crippen MR) is 203 cm³/mol. The molecule has 0 unspecified atom stereocenters. The van der Waals surface area contributed by atoms with Crippen LogP contribution >= 0.6 is 0 Å². The summed E-state index contributed by atoms with van der Waals surface area (Å²) in [5, 5.41) is 4.35. The van der Waals surface area contributed by atoms with Crippen LogP contribution in [0.1, 0.15) is 0 Å². The summed E-state index contributed by atoms with van der Waals surface area (Å²) in [6.07, 6.45) is 0. The van der Waals surface area contributed by atoms with E-state index < -0.39 is 0 Å². The van der Waals surface area contributed by atoms with Crippen LogP contribution in [0.5, 0.6) is 0 Å². The van der Waals surface area contributed by atoms with Gasteiger partial charge in [0.25, 0.3) is 0 Å². The van der Waals surface area contributed by atoms with E-state index in [1.807, 2.05) is 60.7 Å². The average Bonchev–Trinajstić information content (AvgIpc) is 3.74. The monoisotopic (exact) mass is 640 g/mol. The summed E-state index contributed by atoms with van der Waals surface area (Å²) in [6.45, 7) is 0. The third-order valence-corrected chi connectivity index (χ3v) is 9.40. The molecule has 0 radical (unpaired) electrons. The van der Waals surface area contributed by atoms with Gasteiger partial charge in [-0.05, 0) is 30.3 Å². The van der Waals surface area contributed by atoms with Gasteiger partial charge in [-0.25, -0.2) is 15.0 Å². The third kappa shape index (κ3) is 4.52. The first-order valence-electron chi connectivity index (χ1n) is 16.7. The largest absolute Gasteiger partial charge is 0.437 e. The maximum absolute atomic E-state index is 6.99. The van der Waals surface area contributed by atoms with Gasteiger partial charge in [0.05, 0.1) is 27.8 Å². The molecule has 0 saturated carbocycles. The Morgan fingerprint density at radius 2 is 1.04 bits per heavy atom. The average molecular weight is 641 g/mol. The molecule has 0 fully saturated rings. The highest BCUT2D eigenvalue weighted by molar-refractivity contribution is 6.28. The van der Waals surface area contributed by atoms with E-state index >= 15 is 0 Å². The molecule has 10 aromatic rings. The van der Waals surface area contributed by atoms with Crippen molar-refractivity contribution in [3.63, 3.8) is 0 Å². The van der Waals surface area contributed by atoms with Gasteiger partial charge in [-0.15, -0.1) is 0 Å². The van der Waals surface area contributed by atoms with Gasteiger partial charge in [-0.1, -0.05) is 140 Å². The first kappa shape index (κ1) is 28.2. The molecule has 0 saturated heterocycles. The van der Waals surface area contributed by atoms with Gasteiger partial charge in [0.15, 0.2) is 11.4 Å². The molecule has 4 heterocycles. The zero-order valence-corrected chi connectivity index (χ0v) is 26.9. The lowest BCUT2D eigenvalue weighted by atomic mass is 10.0. The van der Waals surface area contributed by atoms with E-state index in [2.05, 4.69) is 114 Å². The number of rotatable bonds is 5. The van der Waals surface area contributed by atoms with Crippen molar-refractivity contribution < 1.29 is 4.42 Å². The normalized spacial score (nSPS) is 11.6. The first-order valence-corrected chi connectivity index (χ1v) is 16.7. The zero-order valence-electron chi connectivity index (χ0n) is 26.9. The summed E-state index contributed by atoms with van der Waals surface area (Å²) in [7, 11) is 0. The molecule has 5 heteroatoms. The lowest BCUT2D eigenvalue weighted by Gasteiger charge is -2.11. The molecule has 5 nitrogen and oxygen atoms in total. The lowest BCUT2D eigenvalue weighted by molar-refractivity contribution is 0.645. The van der Waals surface area contributed by atoms with E-state index in [0.717, 1.165) is 88.9 Å². The van der Waals surface area contributed by atoms with Gasteiger partial charge in [0.1, 0.15) is 5.69 Å². The second-order valence-corrected chi connectivity index (χ2v) is 12.4. The number of para-hydroxylation sites is 2. The van der Waals surface area contributed by atoms with Crippen molar-refractivity contribution in [3.05, 3.63) is 170 Å². The molecule has 50 heavy (non-hydrogen) atoms. The van der Waals surface area contributed by atoms with Crippen LogP contribution in [0.25, 0.3) is 94.7 Å². The number of nitrogens with zero attached hydrogens (tertiary/aromatic N) is 4. The molecule has 0 atom stereocenters. The highest BCUT2D eigenvalue weighted by atomic mass is 16.3. The Hall–Kier alpha value is -6.85. The third-order valence-electron chi connectivity index (χ3n) is 9.40. The van der Waals surface area contributed by atoms with Crippen LogP contribution in [0.2, 0.25) is 0 Å². The molecule has 0 spiro atoms. The molecule has 10 rings (SSSR count). The Kier molecular flexibility index (Phi) is 6.42. The number of pyridine rings is 1. The molecule has 0 aliphatic heterocycles. The summed E-state index contributed by atoms with van der Waals surface area (Å²) in [5.41, 5.74) is 11.1. The Bertz CT molecular complexity index is 2800. The van der Waals surface area contributed by atoms with Gasteiger partial charge in [-0.2, -0.15) is 0 Å². The van der Waals surface area contributed by atoms with Gasteiger partial charge < -0.3 is 4.42 Å². The number of aromatic nitrogens is 4. The molecule has 6 aromatic carbocycles. The Morgan fingerprint density at radius 1 is 0.440 bits per heavy atom. The van der Waals surface area contributed by atoms with Crippen LogP contribution in [0, 0.1) is 0 Å². The minimum absolute atomic E-state index is 0.686. The first-order chi connectivity index (χ1) is 24.8. The molecular formula is C45H28N4O. The Balaban J connectivity index is 1.23. The van der Waals surface area contributed by atoms with E-state index in [4.69, 9.17) is 19.4 Å². The van der Waals surface area contributed by atoms with Crippen molar-refractivity contribution in [2.75, 3.05) is 0 Å². The lowest BCUT2D eigenvalue weighted by Crippen LogP contribution is -1.97.